The zero-order valence-electron chi connectivity index (χ0n) is 4.65. The SMILES string of the molecule is CON(C)CCF. The molecule has 3 heteroatoms. The van der Waals surface area contributed by atoms with Gasteiger partial charge in [0.25, 0.3) is 0 Å². The van der Waals surface area contributed by atoms with Crippen molar-refractivity contribution in [2.45, 2.75) is 0 Å². The molecule has 0 saturated carbocycles. The fourth-order valence-electron chi connectivity index (χ4n) is 0.210. The molecule has 0 bridgehead atoms. The minimum atomic E-state index is -0.357. The lowest BCUT2D eigenvalue weighted by molar-refractivity contribution is -0.111. The Balaban J connectivity index is 2.83. The summed E-state index contributed by atoms with van der Waals surface area (Å²) in [5.74, 6) is 0. The van der Waals surface area contributed by atoms with Gasteiger partial charge in [-0.05, 0) is 0 Å². The lowest BCUT2D eigenvalue weighted by Crippen LogP contribution is -2.18. The monoisotopic (exact) mass is 107 g/mol. The molecule has 0 fully saturated rings. The predicted octanol–water partition coefficient (Wildman–Crippen LogP) is 0.449. The Morgan fingerprint density at radius 2 is 2.29 bits per heavy atom. The van der Waals surface area contributed by atoms with Crippen LogP contribution in [0.1, 0.15) is 0 Å². The van der Waals surface area contributed by atoms with Crippen LogP contribution >= 0.6 is 0 Å². The zero-order valence-corrected chi connectivity index (χ0v) is 4.65. The minimum absolute atomic E-state index is 0.344. The zero-order chi connectivity index (χ0) is 5.70. The summed E-state index contributed by atoms with van der Waals surface area (Å²) in [4.78, 5) is 4.58. The normalized spacial score (nSPS) is 10.3. The first-order valence-corrected chi connectivity index (χ1v) is 2.12. The Bertz CT molecular complexity index is 42.7. The number of alkyl halides is 1. The van der Waals surface area contributed by atoms with E-state index in [9.17, 15) is 4.39 Å². The van der Waals surface area contributed by atoms with Gasteiger partial charge < -0.3 is 4.84 Å². The molecule has 0 aromatic rings. The van der Waals surface area contributed by atoms with Gasteiger partial charge in [0.15, 0.2) is 0 Å². The van der Waals surface area contributed by atoms with Gasteiger partial charge in [-0.1, -0.05) is 0 Å². The highest BCUT2D eigenvalue weighted by atomic mass is 19.1. The summed E-state index contributed by atoms with van der Waals surface area (Å²) in [6, 6.07) is 0. The molecule has 0 rings (SSSR count). The summed E-state index contributed by atoms with van der Waals surface area (Å²) >= 11 is 0. The van der Waals surface area contributed by atoms with Crippen molar-refractivity contribution in [1.82, 2.24) is 5.06 Å². The Kier molecular flexibility index (Phi) is 3.93. The molecule has 0 amide bonds. The van der Waals surface area contributed by atoms with E-state index in [1.807, 2.05) is 0 Å². The molecule has 0 saturated heterocycles. The molecule has 44 valence electrons. The van der Waals surface area contributed by atoms with E-state index in [4.69, 9.17) is 0 Å². The van der Waals surface area contributed by atoms with E-state index >= 15 is 0 Å². The summed E-state index contributed by atoms with van der Waals surface area (Å²) in [7, 11) is 3.19. The Hall–Kier alpha value is -0.150. The van der Waals surface area contributed by atoms with Crippen LogP contribution in [0.3, 0.4) is 0 Å². The molecule has 7 heavy (non-hydrogen) atoms. The maximum absolute atomic E-state index is 11.3. The van der Waals surface area contributed by atoms with E-state index < -0.39 is 0 Å². The van der Waals surface area contributed by atoms with Crippen molar-refractivity contribution in [2.24, 2.45) is 0 Å². The molecule has 0 aliphatic rings. The highest BCUT2D eigenvalue weighted by Crippen LogP contribution is 1.78. The molecule has 0 N–H and O–H groups in total. The van der Waals surface area contributed by atoms with Crippen LogP contribution in [0, 0.1) is 0 Å². The van der Waals surface area contributed by atoms with Gasteiger partial charge >= 0.3 is 0 Å². The van der Waals surface area contributed by atoms with Crippen LogP contribution in [0.25, 0.3) is 0 Å². The highest BCUT2D eigenvalue weighted by Gasteiger charge is 1.89. The van der Waals surface area contributed by atoms with Crippen LogP contribution in [-0.2, 0) is 4.84 Å². The average molecular weight is 107 g/mol. The lowest BCUT2D eigenvalue weighted by atomic mass is 10.7. The number of hydrogen-bond donors (Lipinski definition) is 0. The first kappa shape index (κ1) is 6.85. The van der Waals surface area contributed by atoms with Gasteiger partial charge in [0.1, 0.15) is 6.67 Å². The number of nitrogens with zero attached hydrogens (tertiary/aromatic N) is 1. The first-order chi connectivity index (χ1) is 3.31. The van der Waals surface area contributed by atoms with Gasteiger partial charge in [0.05, 0.1) is 13.7 Å². The van der Waals surface area contributed by atoms with Crippen LogP contribution in [-0.4, -0.2) is 32.4 Å². The van der Waals surface area contributed by atoms with E-state index in [1.165, 1.54) is 12.2 Å². The van der Waals surface area contributed by atoms with Crippen LogP contribution in [0.4, 0.5) is 4.39 Å². The summed E-state index contributed by atoms with van der Waals surface area (Å²) in [6.07, 6.45) is 0. The van der Waals surface area contributed by atoms with Gasteiger partial charge in [-0.25, -0.2) is 4.39 Å². The van der Waals surface area contributed by atoms with Gasteiger partial charge in [-0.3, -0.25) is 0 Å². The molecule has 0 atom stereocenters. The van der Waals surface area contributed by atoms with Crippen molar-refractivity contribution in [3.8, 4) is 0 Å². The molecule has 0 heterocycles. The highest BCUT2D eigenvalue weighted by molar-refractivity contribution is 4.29. The third kappa shape index (κ3) is 3.69. The Morgan fingerprint density at radius 1 is 1.71 bits per heavy atom. The van der Waals surface area contributed by atoms with E-state index in [1.54, 1.807) is 7.05 Å². The van der Waals surface area contributed by atoms with Gasteiger partial charge in [0, 0.05) is 7.05 Å². The third-order valence-electron chi connectivity index (χ3n) is 0.711. The van der Waals surface area contributed by atoms with Crippen LogP contribution < -0.4 is 0 Å². The number of halogens is 1. The van der Waals surface area contributed by atoms with Gasteiger partial charge in [0.2, 0.25) is 0 Å². The van der Waals surface area contributed by atoms with Crippen molar-refractivity contribution in [2.75, 3.05) is 27.4 Å². The molecular weight excluding hydrogens is 97.0 g/mol. The first-order valence-electron chi connectivity index (χ1n) is 2.12. The predicted molar refractivity (Wildman–Crippen MR) is 25.6 cm³/mol. The Labute approximate surface area is 42.8 Å². The van der Waals surface area contributed by atoms with Crippen molar-refractivity contribution in [3.63, 3.8) is 0 Å². The molecule has 0 aliphatic heterocycles. The van der Waals surface area contributed by atoms with E-state index in [0.717, 1.165) is 0 Å². The topological polar surface area (TPSA) is 12.5 Å². The second-order valence-electron chi connectivity index (χ2n) is 1.22. The van der Waals surface area contributed by atoms with Crippen molar-refractivity contribution < 1.29 is 9.23 Å². The average Bonchev–Trinajstić information content (AvgIpc) is 1.68. The molecule has 0 spiro atoms. The maximum atomic E-state index is 11.3. The third-order valence-corrected chi connectivity index (χ3v) is 0.711. The molecule has 0 unspecified atom stereocenters. The second kappa shape index (κ2) is 4.02. The van der Waals surface area contributed by atoms with E-state index in [0.29, 0.717) is 6.54 Å². The van der Waals surface area contributed by atoms with Crippen LogP contribution in [0.15, 0.2) is 0 Å². The van der Waals surface area contributed by atoms with Crippen molar-refractivity contribution in [1.29, 1.82) is 0 Å². The molecular formula is C4H10FNO. The summed E-state index contributed by atoms with van der Waals surface area (Å²) < 4.78 is 11.3. The largest absolute Gasteiger partial charge is 0.302 e. The van der Waals surface area contributed by atoms with Crippen molar-refractivity contribution >= 4 is 0 Å². The molecule has 0 aromatic carbocycles. The van der Waals surface area contributed by atoms with E-state index in [2.05, 4.69) is 4.84 Å². The lowest BCUT2D eigenvalue weighted by Gasteiger charge is -2.08. The Morgan fingerprint density at radius 3 is 2.43 bits per heavy atom. The van der Waals surface area contributed by atoms with Crippen LogP contribution in [0.5, 0.6) is 0 Å². The second-order valence-corrected chi connectivity index (χ2v) is 1.22. The minimum Gasteiger partial charge on any atom is -0.302 e. The standard InChI is InChI=1S/C4H10FNO/c1-6(7-2)4-3-5/h3-4H2,1-2H3. The maximum Gasteiger partial charge on any atom is 0.104 e. The number of hydrogen-bond acceptors (Lipinski definition) is 2. The smallest absolute Gasteiger partial charge is 0.104 e. The fourth-order valence-corrected chi connectivity index (χ4v) is 0.210. The number of rotatable bonds is 3. The van der Waals surface area contributed by atoms with Gasteiger partial charge in [-0.15, -0.1) is 0 Å². The quantitative estimate of drug-likeness (QED) is 0.485. The van der Waals surface area contributed by atoms with Crippen LogP contribution in [0.2, 0.25) is 0 Å². The summed E-state index contributed by atoms with van der Waals surface area (Å²) in [5.41, 5.74) is 0. The summed E-state index contributed by atoms with van der Waals surface area (Å²) in [6.45, 7) is -0.0131. The number of hydroxylamine groups is 2. The summed E-state index contributed by atoms with van der Waals surface area (Å²) in [5, 5.41) is 1.43. The molecule has 0 aromatic heterocycles. The molecule has 2 nitrogen and oxygen atoms in total. The molecule has 0 aliphatic carbocycles. The fraction of sp³-hybridized carbons (Fsp3) is 1.00. The molecule has 0 radical (unpaired) electrons. The van der Waals surface area contributed by atoms with Crippen molar-refractivity contribution in [3.05, 3.63) is 0 Å². The van der Waals surface area contributed by atoms with Gasteiger partial charge in [-0.2, -0.15) is 5.06 Å². The van der Waals surface area contributed by atoms with E-state index in [-0.39, 0.29) is 6.67 Å².